The van der Waals surface area contributed by atoms with Crippen molar-refractivity contribution in [2.75, 3.05) is 24.8 Å². The lowest BCUT2D eigenvalue weighted by atomic mass is 10.3. The molecule has 0 aliphatic heterocycles. The van der Waals surface area contributed by atoms with E-state index in [-0.39, 0.29) is 0 Å². The van der Waals surface area contributed by atoms with Crippen LogP contribution in [-0.4, -0.2) is 24.1 Å². The van der Waals surface area contributed by atoms with Gasteiger partial charge in [-0.3, -0.25) is 0 Å². The standard InChI is InChI=1S/C12H14N4O/c1-13-12-14-7-6-11(16-12)15-9-4-3-5-10(8-9)17-2/h3-8H,1-2H3,(H2,13,14,15,16). The minimum Gasteiger partial charge on any atom is -0.497 e. The molecule has 0 aliphatic rings. The maximum atomic E-state index is 5.15. The first-order chi connectivity index (χ1) is 8.31. The molecule has 0 atom stereocenters. The van der Waals surface area contributed by atoms with Crippen molar-refractivity contribution in [3.63, 3.8) is 0 Å². The molecule has 1 heterocycles. The number of hydrogen-bond acceptors (Lipinski definition) is 5. The normalized spacial score (nSPS) is 9.76. The molecule has 0 amide bonds. The number of ether oxygens (including phenoxy) is 1. The van der Waals surface area contributed by atoms with Crippen molar-refractivity contribution in [1.82, 2.24) is 9.97 Å². The molecule has 5 nitrogen and oxygen atoms in total. The molecule has 0 bridgehead atoms. The summed E-state index contributed by atoms with van der Waals surface area (Å²) in [4.78, 5) is 8.31. The van der Waals surface area contributed by atoms with Gasteiger partial charge in [0, 0.05) is 25.0 Å². The van der Waals surface area contributed by atoms with E-state index in [1.54, 1.807) is 26.4 Å². The number of nitrogens with zero attached hydrogens (tertiary/aromatic N) is 2. The SMILES string of the molecule is CNc1nccc(Nc2cccc(OC)c2)n1. The molecule has 2 N–H and O–H groups in total. The molecular weight excluding hydrogens is 216 g/mol. The topological polar surface area (TPSA) is 59.1 Å². The molecule has 0 spiro atoms. The fourth-order valence-electron chi connectivity index (χ4n) is 1.40. The number of anilines is 3. The number of benzene rings is 1. The molecule has 1 aromatic carbocycles. The second kappa shape index (κ2) is 5.16. The van der Waals surface area contributed by atoms with E-state index in [1.165, 1.54) is 0 Å². The first kappa shape index (κ1) is 11.2. The maximum absolute atomic E-state index is 5.15. The molecule has 5 heteroatoms. The van der Waals surface area contributed by atoms with Gasteiger partial charge >= 0.3 is 0 Å². The highest BCUT2D eigenvalue weighted by Crippen LogP contribution is 2.20. The first-order valence-electron chi connectivity index (χ1n) is 5.23. The molecular formula is C12H14N4O. The lowest BCUT2D eigenvalue weighted by Crippen LogP contribution is -1.99. The number of methoxy groups -OCH3 is 1. The average Bonchev–Trinajstić information content (AvgIpc) is 2.39. The van der Waals surface area contributed by atoms with Crippen molar-refractivity contribution in [1.29, 1.82) is 0 Å². The van der Waals surface area contributed by atoms with Gasteiger partial charge in [0.15, 0.2) is 0 Å². The Balaban J connectivity index is 2.18. The second-order valence-electron chi connectivity index (χ2n) is 3.37. The van der Waals surface area contributed by atoms with Gasteiger partial charge in [0.05, 0.1) is 7.11 Å². The van der Waals surface area contributed by atoms with Crippen molar-refractivity contribution in [3.8, 4) is 5.75 Å². The van der Waals surface area contributed by atoms with Crippen LogP contribution in [0.25, 0.3) is 0 Å². The minimum absolute atomic E-state index is 0.581. The fraction of sp³-hybridized carbons (Fsp3) is 0.167. The molecule has 2 aromatic rings. The van der Waals surface area contributed by atoms with Crippen molar-refractivity contribution in [3.05, 3.63) is 36.5 Å². The third-order valence-electron chi connectivity index (χ3n) is 2.22. The largest absolute Gasteiger partial charge is 0.497 e. The van der Waals surface area contributed by atoms with Crippen molar-refractivity contribution >= 4 is 17.5 Å². The van der Waals surface area contributed by atoms with Crippen molar-refractivity contribution in [2.45, 2.75) is 0 Å². The Kier molecular flexibility index (Phi) is 3.40. The van der Waals surface area contributed by atoms with E-state index in [0.29, 0.717) is 5.95 Å². The molecule has 1 aromatic heterocycles. The monoisotopic (exact) mass is 230 g/mol. The number of nitrogens with one attached hydrogen (secondary N) is 2. The summed E-state index contributed by atoms with van der Waals surface area (Å²) in [6, 6.07) is 9.47. The summed E-state index contributed by atoms with van der Waals surface area (Å²) < 4.78 is 5.15. The summed E-state index contributed by atoms with van der Waals surface area (Å²) in [7, 11) is 3.42. The lowest BCUT2D eigenvalue weighted by Gasteiger charge is -2.07. The van der Waals surface area contributed by atoms with Crippen LogP contribution >= 0.6 is 0 Å². The van der Waals surface area contributed by atoms with E-state index in [9.17, 15) is 0 Å². The molecule has 2 rings (SSSR count). The summed E-state index contributed by atoms with van der Waals surface area (Å²) in [5.41, 5.74) is 0.921. The van der Waals surface area contributed by atoms with E-state index in [4.69, 9.17) is 4.74 Å². The minimum atomic E-state index is 0.581. The van der Waals surface area contributed by atoms with Crippen LogP contribution in [0.1, 0.15) is 0 Å². The van der Waals surface area contributed by atoms with E-state index in [2.05, 4.69) is 20.6 Å². The number of hydrogen-bond donors (Lipinski definition) is 2. The van der Waals surface area contributed by atoms with Gasteiger partial charge in [-0.15, -0.1) is 0 Å². The van der Waals surface area contributed by atoms with Gasteiger partial charge in [0.2, 0.25) is 5.95 Å². The van der Waals surface area contributed by atoms with Crippen molar-refractivity contribution in [2.24, 2.45) is 0 Å². The highest BCUT2D eigenvalue weighted by molar-refractivity contribution is 5.58. The van der Waals surface area contributed by atoms with Crippen LogP contribution in [0.5, 0.6) is 5.75 Å². The Labute approximate surface area is 99.9 Å². The zero-order valence-electron chi connectivity index (χ0n) is 9.77. The molecule has 0 saturated heterocycles. The molecule has 0 fully saturated rings. The Morgan fingerprint density at radius 3 is 2.88 bits per heavy atom. The van der Waals surface area contributed by atoms with E-state index in [0.717, 1.165) is 17.3 Å². The predicted octanol–water partition coefficient (Wildman–Crippen LogP) is 2.27. The predicted molar refractivity (Wildman–Crippen MR) is 67.9 cm³/mol. The number of rotatable bonds is 4. The molecule has 88 valence electrons. The third-order valence-corrected chi connectivity index (χ3v) is 2.22. The average molecular weight is 230 g/mol. The third kappa shape index (κ3) is 2.84. The van der Waals surface area contributed by atoms with Crippen molar-refractivity contribution < 1.29 is 4.74 Å². The zero-order chi connectivity index (χ0) is 12.1. The Morgan fingerprint density at radius 2 is 2.12 bits per heavy atom. The summed E-state index contributed by atoms with van der Waals surface area (Å²) in [5, 5.41) is 6.07. The smallest absolute Gasteiger partial charge is 0.224 e. The van der Waals surface area contributed by atoms with Crippen LogP contribution in [0.2, 0.25) is 0 Å². The second-order valence-corrected chi connectivity index (χ2v) is 3.37. The first-order valence-corrected chi connectivity index (χ1v) is 5.23. The molecule has 0 saturated carbocycles. The van der Waals surface area contributed by atoms with E-state index >= 15 is 0 Å². The van der Waals surface area contributed by atoms with E-state index in [1.807, 2.05) is 24.3 Å². The Bertz CT molecular complexity index is 456. The van der Waals surface area contributed by atoms with Crippen LogP contribution in [0.4, 0.5) is 17.5 Å². The van der Waals surface area contributed by atoms with Gasteiger partial charge in [0.1, 0.15) is 11.6 Å². The molecule has 0 radical (unpaired) electrons. The lowest BCUT2D eigenvalue weighted by molar-refractivity contribution is 0.415. The fourth-order valence-corrected chi connectivity index (χ4v) is 1.40. The molecule has 0 unspecified atom stereocenters. The Hall–Kier alpha value is -2.30. The summed E-state index contributed by atoms with van der Waals surface area (Å²) in [6.07, 6.45) is 1.70. The van der Waals surface area contributed by atoms with Crippen LogP contribution in [0, 0.1) is 0 Å². The number of aromatic nitrogens is 2. The highest BCUT2D eigenvalue weighted by atomic mass is 16.5. The van der Waals surface area contributed by atoms with Gasteiger partial charge in [-0.1, -0.05) is 6.07 Å². The van der Waals surface area contributed by atoms with Gasteiger partial charge < -0.3 is 15.4 Å². The highest BCUT2D eigenvalue weighted by Gasteiger charge is 1.99. The maximum Gasteiger partial charge on any atom is 0.224 e. The Morgan fingerprint density at radius 1 is 1.24 bits per heavy atom. The van der Waals surface area contributed by atoms with Crippen LogP contribution in [0.15, 0.2) is 36.5 Å². The zero-order valence-corrected chi connectivity index (χ0v) is 9.77. The summed E-state index contributed by atoms with van der Waals surface area (Å²) in [6.45, 7) is 0. The van der Waals surface area contributed by atoms with Crippen LogP contribution in [0.3, 0.4) is 0 Å². The van der Waals surface area contributed by atoms with Gasteiger partial charge in [-0.2, -0.15) is 4.98 Å². The summed E-state index contributed by atoms with van der Waals surface area (Å²) in [5.74, 6) is 2.12. The van der Waals surface area contributed by atoms with Gasteiger partial charge in [-0.25, -0.2) is 4.98 Å². The van der Waals surface area contributed by atoms with E-state index < -0.39 is 0 Å². The molecule has 0 aliphatic carbocycles. The molecule has 17 heavy (non-hydrogen) atoms. The van der Waals surface area contributed by atoms with Gasteiger partial charge in [0.25, 0.3) is 0 Å². The summed E-state index contributed by atoms with van der Waals surface area (Å²) >= 11 is 0. The van der Waals surface area contributed by atoms with Crippen LogP contribution < -0.4 is 15.4 Å². The van der Waals surface area contributed by atoms with Gasteiger partial charge in [-0.05, 0) is 18.2 Å². The van der Waals surface area contributed by atoms with Crippen LogP contribution in [-0.2, 0) is 0 Å². The quantitative estimate of drug-likeness (QED) is 0.843.